The van der Waals surface area contributed by atoms with E-state index in [1.807, 2.05) is 0 Å². The molecule has 14 heavy (non-hydrogen) atoms. The van der Waals surface area contributed by atoms with Crippen LogP contribution in [0.4, 0.5) is 0 Å². The van der Waals surface area contributed by atoms with Crippen molar-refractivity contribution in [2.24, 2.45) is 11.5 Å². The molecule has 0 aromatic rings. The van der Waals surface area contributed by atoms with Gasteiger partial charge in [0.1, 0.15) is 0 Å². The predicted octanol–water partition coefficient (Wildman–Crippen LogP) is 0.0619. The summed E-state index contributed by atoms with van der Waals surface area (Å²) < 4.78 is 0. The number of nitrogens with two attached hydrogens (primary N) is 2. The average molecular weight is 199 g/mol. The molecule has 1 fully saturated rings. The maximum absolute atomic E-state index is 10.9. The van der Waals surface area contributed by atoms with Crippen LogP contribution >= 0.6 is 0 Å². The molecule has 4 heteroatoms. The SMILES string of the molecule is CC(C)N(CC(N)=O)C1CCCC1N. The zero-order valence-corrected chi connectivity index (χ0v) is 9.07. The molecule has 0 aromatic carbocycles. The third kappa shape index (κ3) is 2.69. The van der Waals surface area contributed by atoms with Crippen molar-refractivity contribution in [1.82, 2.24) is 4.90 Å². The van der Waals surface area contributed by atoms with Crippen molar-refractivity contribution in [3.63, 3.8) is 0 Å². The number of carbonyl (C=O) groups is 1. The van der Waals surface area contributed by atoms with Gasteiger partial charge >= 0.3 is 0 Å². The molecule has 1 rings (SSSR count). The first kappa shape index (κ1) is 11.5. The summed E-state index contributed by atoms with van der Waals surface area (Å²) in [6.45, 7) is 4.48. The summed E-state index contributed by atoms with van der Waals surface area (Å²) in [5, 5.41) is 0. The Labute approximate surface area is 85.6 Å². The van der Waals surface area contributed by atoms with Gasteiger partial charge in [-0.05, 0) is 26.7 Å². The summed E-state index contributed by atoms with van der Waals surface area (Å²) in [4.78, 5) is 13.0. The molecule has 0 aromatic heterocycles. The van der Waals surface area contributed by atoms with E-state index in [0.717, 1.165) is 19.3 Å². The summed E-state index contributed by atoms with van der Waals surface area (Å²) in [5.41, 5.74) is 11.2. The standard InChI is InChI=1S/C10H21N3O/c1-7(2)13(6-10(12)14)9-5-3-4-8(9)11/h7-9H,3-6,11H2,1-2H3,(H2,12,14). The molecule has 1 aliphatic rings. The fraction of sp³-hybridized carbons (Fsp3) is 0.900. The van der Waals surface area contributed by atoms with E-state index >= 15 is 0 Å². The van der Waals surface area contributed by atoms with Gasteiger partial charge in [-0.15, -0.1) is 0 Å². The molecule has 2 unspecified atom stereocenters. The zero-order valence-electron chi connectivity index (χ0n) is 9.07. The molecular formula is C10H21N3O. The largest absolute Gasteiger partial charge is 0.369 e. The van der Waals surface area contributed by atoms with Crippen LogP contribution in [0.2, 0.25) is 0 Å². The Kier molecular flexibility index (Phi) is 3.89. The molecule has 4 N–H and O–H groups in total. The first-order valence-electron chi connectivity index (χ1n) is 5.32. The van der Waals surface area contributed by atoms with Crippen LogP contribution in [0.5, 0.6) is 0 Å². The van der Waals surface area contributed by atoms with Gasteiger partial charge in [-0.25, -0.2) is 0 Å². The Morgan fingerprint density at radius 3 is 2.50 bits per heavy atom. The van der Waals surface area contributed by atoms with Crippen LogP contribution in [-0.4, -0.2) is 35.5 Å². The lowest BCUT2D eigenvalue weighted by atomic mass is 10.1. The number of rotatable bonds is 4. The van der Waals surface area contributed by atoms with Crippen LogP contribution in [0.15, 0.2) is 0 Å². The molecule has 1 saturated carbocycles. The minimum Gasteiger partial charge on any atom is -0.369 e. The molecule has 2 atom stereocenters. The Hall–Kier alpha value is -0.610. The van der Waals surface area contributed by atoms with Crippen LogP contribution in [0, 0.1) is 0 Å². The Bertz CT molecular complexity index is 206. The summed E-state index contributed by atoms with van der Waals surface area (Å²) >= 11 is 0. The number of primary amides is 1. The monoisotopic (exact) mass is 199 g/mol. The van der Waals surface area contributed by atoms with E-state index in [-0.39, 0.29) is 11.9 Å². The summed E-state index contributed by atoms with van der Waals surface area (Å²) in [5.74, 6) is -0.266. The number of nitrogens with zero attached hydrogens (tertiary/aromatic N) is 1. The van der Waals surface area contributed by atoms with E-state index in [4.69, 9.17) is 11.5 Å². The minimum atomic E-state index is -0.266. The van der Waals surface area contributed by atoms with Gasteiger partial charge < -0.3 is 11.5 Å². The van der Waals surface area contributed by atoms with Crippen LogP contribution in [-0.2, 0) is 4.79 Å². The second-order valence-electron chi connectivity index (χ2n) is 4.39. The minimum absolute atomic E-state index is 0.205. The van der Waals surface area contributed by atoms with E-state index in [1.165, 1.54) is 0 Å². The smallest absolute Gasteiger partial charge is 0.231 e. The molecule has 0 aliphatic heterocycles. The highest BCUT2D eigenvalue weighted by Crippen LogP contribution is 2.23. The van der Waals surface area contributed by atoms with Gasteiger partial charge in [-0.3, -0.25) is 9.69 Å². The average Bonchev–Trinajstić information content (AvgIpc) is 2.46. The summed E-state index contributed by atoms with van der Waals surface area (Å²) in [7, 11) is 0. The van der Waals surface area contributed by atoms with Crippen molar-refractivity contribution in [3.8, 4) is 0 Å². The normalized spacial score (nSPS) is 27.5. The lowest BCUT2D eigenvalue weighted by molar-refractivity contribution is -0.120. The van der Waals surface area contributed by atoms with E-state index in [1.54, 1.807) is 0 Å². The molecule has 4 nitrogen and oxygen atoms in total. The third-order valence-electron chi connectivity index (χ3n) is 2.96. The van der Waals surface area contributed by atoms with Gasteiger partial charge in [0.2, 0.25) is 5.91 Å². The second kappa shape index (κ2) is 4.75. The lowest BCUT2D eigenvalue weighted by Crippen LogP contribution is -2.50. The molecule has 82 valence electrons. The Morgan fingerprint density at radius 1 is 1.50 bits per heavy atom. The molecule has 0 bridgehead atoms. The molecule has 0 heterocycles. The van der Waals surface area contributed by atoms with Crippen molar-refractivity contribution in [2.75, 3.05) is 6.54 Å². The number of amides is 1. The lowest BCUT2D eigenvalue weighted by Gasteiger charge is -2.33. The first-order valence-corrected chi connectivity index (χ1v) is 5.32. The summed E-state index contributed by atoms with van der Waals surface area (Å²) in [6.07, 6.45) is 3.31. The fourth-order valence-electron chi connectivity index (χ4n) is 2.24. The quantitative estimate of drug-likeness (QED) is 0.672. The van der Waals surface area contributed by atoms with E-state index in [2.05, 4.69) is 18.7 Å². The molecule has 1 aliphatic carbocycles. The molecule has 0 spiro atoms. The number of hydrogen-bond donors (Lipinski definition) is 2. The molecule has 0 saturated heterocycles. The van der Waals surface area contributed by atoms with Crippen LogP contribution in [0.1, 0.15) is 33.1 Å². The fourth-order valence-corrected chi connectivity index (χ4v) is 2.24. The summed E-state index contributed by atoms with van der Waals surface area (Å²) in [6, 6.07) is 0.871. The molecular weight excluding hydrogens is 178 g/mol. The van der Waals surface area contributed by atoms with Gasteiger partial charge in [-0.2, -0.15) is 0 Å². The van der Waals surface area contributed by atoms with Gasteiger partial charge in [0, 0.05) is 18.1 Å². The molecule has 1 amide bonds. The van der Waals surface area contributed by atoms with Crippen LogP contribution < -0.4 is 11.5 Å². The van der Waals surface area contributed by atoms with E-state index in [9.17, 15) is 4.79 Å². The first-order chi connectivity index (χ1) is 6.52. The highest BCUT2D eigenvalue weighted by atomic mass is 16.1. The van der Waals surface area contributed by atoms with Gasteiger partial charge in [0.25, 0.3) is 0 Å². The maximum atomic E-state index is 10.9. The van der Waals surface area contributed by atoms with E-state index < -0.39 is 0 Å². The van der Waals surface area contributed by atoms with Gasteiger partial charge in [0.05, 0.1) is 6.54 Å². The highest BCUT2D eigenvalue weighted by Gasteiger charge is 2.31. The van der Waals surface area contributed by atoms with Crippen LogP contribution in [0.25, 0.3) is 0 Å². The number of carbonyl (C=O) groups excluding carboxylic acids is 1. The third-order valence-corrected chi connectivity index (χ3v) is 2.96. The number of hydrogen-bond acceptors (Lipinski definition) is 3. The van der Waals surface area contributed by atoms with Gasteiger partial charge in [-0.1, -0.05) is 6.42 Å². The highest BCUT2D eigenvalue weighted by molar-refractivity contribution is 5.76. The van der Waals surface area contributed by atoms with Crippen molar-refractivity contribution in [1.29, 1.82) is 0 Å². The van der Waals surface area contributed by atoms with Crippen LogP contribution in [0.3, 0.4) is 0 Å². The zero-order chi connectivity index (χ0) is 10.7. The second-order valence-corrected chi connectivity index (χ2v) is 4.39. The Morgan fingerprint density at radius 2 is 2.14 bits per heavy atom. The predicted molar refractivity (Wildman–Crippen MR) is 56.7 cm³/mol. The van der Waals surface area contributed by atoms with Crippen molar-refractivity contribution in [3.05, 3.63) is 0 Å². The van der Waals surface area contributed by atoms with Crippen molar-refractivity contribution in [2.45, 2.75) is 51.2 Å². The van der Waals surface area contributed by atoms with E-state index in [0.29, 0.717) is 18.6 Å². The molecule has 0 radical (unpaired) electrons. The topological polar surface area (TPSA) is 72.3 Å². The van der Waals surface area contributed by atoms with Gasteiger partial charge in [0.15, 0.2) is 0 Å². The van der Waals surface area contributed by atoms with Crippen molar-refractivity contribution >= 4 is 5.91 Å². The Balaban J connectivity index is 2.61. The van der Waals surface area contributed by atoms with Crippen molar-refractivity contribution < 1.29 is 4.79 Å². The maximum Gasteiger partial charge on any atom is 0.231 e.